The minimum Gasteiger partial charge on any atom is -0.507 e. The quantitative estimate of drug-likeness (QED) is 0.450. The van der Waals surface area contributed by atoms with Gasteiger partial charge in [0.2, 0.25) is 0 Å². The number of ether oxygens (including phenoxy) is 1. The minimum atomic E-state index is -0.489. The molecule has 6 heteroatoms. The van der Waals surface area contributed by atoms with Crippen molar-refractivity contribution in [2.75, 3.05) is 18.5 Å². The lowest BCUT2D eigenvalue weighted by molar-refractivity contribution is -0.138. The maximum atomic E-state index is 11.9. The third kappa shape index (κ3) is 4.23. The van der Waals surface area contributed by atoms with Gasteiger partial charge in [0, 0.05) is 16.3 Å². The van der Waals surface area contributed by atoms with E-state index < -0.39 is 12.0 Å². The third-order valence-electron chi connectivity index (χ3n) is 3.12. The summed E-state index contributed by atoms with van der Waals surface area (Å²) in [7, 11) is 0. The van der Waals surface area contributed by atoms with Gasteiger partial charge in [-0.2, -0.15) is 0 Å². The van der Waals surface area contributed by atoms with Crippen LogP contribution in [-0.2, 0) is 9.53 Å². The van der Waals surface area contributed by atoms with Crippen LogP contribution in [0.5, 0.6) is 5.75 Å². The smallest absolute Gasteiger partial charge is 0.333 e. The van der Waals surface area contributed by atoms with Gasteiger partial charge in [-0.15, -0.1) is 0 Å². The zero-order chi connectivity index (χ0) is 16.8. The molecule has 0 aromatic heterocycles. The normalized spacial score (nSPS) is 10.1. The SMILES string of the molecule is C=C(C)C(=O)OCCNC(=O)Nc1cccc2c(O)cccc12. The number of phenolic OH excluding ortho intramolecular Hbond substituents is 1. The Bertz CT molecular complexity index is 755. The molecule has 0 atom stereocenters. The molecule has 2 rings (SSSR count). The van der Waals surface area contributed by atoms with E-state index >= 15 is 0 Å². The monoisotopic (exact) mass is 314 g/mol. The first-order chi connectivity index (χ1) is 11.0. The van der Waals surface area contributed by atoms with Crippen molar-refractivity contribution in [2.24, 2.45) is 0 Å². The Hall–Kier alpha value is -3.02. The second kappa shape index (κ2) is 7.31. The Morgan fingerprint density at radius 3 is 2.61 bits per heavy atom. The first-order valence-corrected chi connectivity index (χ1v) is 7.07. The van der Waals surface area contributed by atoms with E-state index in [9.17, 15) is 14.7 Å². The van der Waals surface area contributed by atoms with E-state index in [-0.39, 0.29) is 18.9 Å². The number of urea groups is 1. The number of aromatic hydroxyl groups is 1. The highest BCUT2D eigenvalue weighted by Gasteiger charge is 2.08. The Morgan fingerprint density at radius 2 is 1.87 bits per heavy atom. The molecular formula is C17H18N2O4. The van der Waals surface area contributed by atoms with Crippen molar-refractivity contribution in [3.05, 3.63) is 48.6 Å². The summed E-state index contributed by atoms with van der Waals surface area (Å²) in [5, 5.41) is 16.5. The molecule has 0 heterocycles. The summed E-state index contributed by atoms with van der Waals surface area (Å²) in [6.45, 7) is 5.27. The van der Waals surface area contributed by atoms with Crippen LogP contribution >= 0.6 is 0 Å². The van der Waals surface area contributed by atoms with E-state index in [1.54, 1.807) is 43.3 Å². The first-order valence-electron chi connectivity index (χ1n) is 7.07. The summed E-state index contributed by atoms with van der Waals surface area (Å²) in [5.41, 5.74) is 0.889. The number of nitrogens with one attached hydrogen (secondary N) is 2. The zero-order valence-corrected chi connectivity index (χ0v) is 12.8. The van der Waals surface area contributed by atoms with Gasteiger partial charge >= 0.3 is 12.0 Å². The lowest BCUT2D eigenvalue weighted by Gasteiger charge is -2.11. The number of phenols is 1. The van der Waals surface area contributed by atoms with Crippen LogP contribution in [0.15, 0.2) is 48.6 Å². The molecule has 0 bridgehead atoms. The maximum Gasteiger partial charge on any atom is 0.333 e. The van der Waals surface area contributed by atoms with E-state index in [1.165, 1.54) is 0 Å². The summed E-state index contributed by atoms with van der Waals surface area (Å²) < 4.78 is 4.88. The number of carbonyl (C=O) groups excluding carboxylic acids is 2. The zero-order valence-electron chi connectivity index (χ0n) is 12.8. The van der Waals surface area contributed by atoms with Crippen molar-refractivity contribution < 1.29 is 19.4 Å². The molecule has 0 aliphatic rings. The van der Waals surface area contributed by atoms with Gasteiger partial charge in [0.25, 0.3) is 0 Å². The number of hydrogen-bond acceptors (Lipinski definition) is 4. The third-order valence-corrected chi connectivity index (χ3v) is 3.12. The number of rotatable bonds is 5. The summed E-state index contributed by atoms with van der Waals surface area (Å²) >= 11 is 0. The van der Waals surface area contributed by atoms with Crippen molar-refractivity contribution >= 4 is 28.5 Å². The van der Waals surface area contributed by atoms with Gasteiger partial charge in [-0.25, -0.2) is 9.59 Å². The average molecular weight is 314 g/mol. The molecule has 23 heavy (non-hydrogen) atoms. The van der Waals surface area contributed by atoms with Crippen molar-refractivity contribution in [3.8, 4) is 5.75 Å². The first kappa shape index (κ1) is 16.4. The fraction of sp³-hybridized carbons (Fsp3) is 0.176. The van der Waals surface area contributed by atoms with Crippen molar-refractivity contribution in [1.29, 1.82) is 0 Å². The van der Waals surface area contributed by atoms with Gasteiger partial charge in [0.1, 0.15) is 12.4 Å². The molecule has 120 valence electrons. The van der Waals surface area contributed by atoms with Crippen LogP contribution in [0.1, 0.15) is 6.92 Å². The molecule has 6 nitrogen and oxygen atoms in total. The Morgan fingerprint density at radius 1 is 1.17 bits per heavy atom. The highest BCUT2D eigenvalue weighted by Crippen LogP contribution is 2.29. The lowest BCUT2D eigenvalue weighted by Crippen LogP contribution is -2.32. The minimum absolute atomic E-state index is 0.0649. The molecule has 0 unspecified atom stereocenters. The second-order valence-corrected chi connectivity index (χ2v) is 4.97. The van der Waals surface area contributed by atoms with Gasteiger partial charge in [-0.3, -0.25) is 0 Å². The molecule has 2 aromatic rings. The van der Waals surface area contributed by atoms with Crippen LogP contribution in [0.25, 0.3) is 10.8 Å². The Labute approximate surface area is 133 Å². The fourth-order valence-electron chi connectivity index (χ4n) is 2.00. The molecule has 3 N–H and O–H groups in total. The predicted molar refractivity (Wildman–Crippen MR) is 88.4 cm³/mol. The number of esters is 1. The maximum absolute atomic E-state index is 11.9. The predicted octanol–water partition coefficient (Wildman–Crippen LogP) is 2.79. The summed E-state index contributed by atoms with van der Waals surface area (Å²) in [6.07, 6.45) is 0. The van der Waals surface area contributed by atoms with Crippen LogP contribution < -0.4 is 10.6 Å². The van der Waals surface area contributed by atoms with E-state index in [4.69, 9.17) is 4.74 Å². The molecule has 0 aliphatic carbocycles. The molecule has 0 radical (unpaired) electrons. The molecule has 0 fully saturated rings. The summed E-state index contributed by atoms with van der Waals surface area (Å²) in [6, 6.07) is 9.92. The standard InChI is InChI=1S/C17H18N2O4/c1-11(2)16(21)23-10-9-18-17(22)19-14-7-3-6-13-12(14)5-4-8-15(13)20/h3-8,20H,1,9-10H2,2H3,(H2,18,19,22). The van der Waals surface area contributed by atoms with Crippen molar-refractivity contribution in [3.63, 3.8) is 0 Å². The van der Waals surface area contributed by atoms with E-state index in [0.29, 0.717) is 16.6 Å². The topological polar surface area (TPSA) is 87.7 Å². The Kier molecular flexibility index (Phi) is 5.19. The molecular weight excluding hydrogens is 296 g/mol. The van der Waals surface area contributed by atoms with Crippen LogP contribution in [0.3, 0.4) is 0 Å². The Balaban J connectivity index is 1.92. The highest BCUT2D eigenvalue weighted by atomic mass is 16.5. The number of anilines is 1. The van der Waals surface area contributed by atoms with E-state index in [0.717, 1.165) is 5.39 Å². The fourth-order valence-corrected chi connectivity index (χ4v) is 2.00. The van der Waals surface area contributed by atoms with Crippen molar-refractivity contribution in [2.45, 2.75) is 6.92 Å². The van der Waals surface area contributed by atoms with Crippen LogP contribution in [-0.4, -0.2) is 30.3 Å². The van der Waals surface area contributed by atoms with Crippen molar-refractivity contribution in [1.82, 2.24) is 5.32 Å². The van der Waals surface area contributed by atoms with Gasteiger partial charge in [0.15, 0.2) is 0 Å². The highest BCUT2D eigenvalue weighted by molar-refractivity contribution is 6.03. The number of carbonyl (C=O) groups is 2. The molecule has 2 aromatic carbocycles. The molecule has 0 spiro atoms. The van der Waals surface area contributed by atoms with Gasteiger partial charge in [-0.05, 0) is 19.1 Å². The molecule has 0 aliphatic heterocycles. The number of hydrogen-bond donors (Lipinski definition) is 3. The van der Waals surface area contributed by atoms with Crippen LogP contribution in [0.2, 0.25) is 0 Å². The summed E-state index contributed by atoms with van der Waals surface area (Å²) in [4.78, 5) is 23.1. The second-order valence-electron chi connectivity index (χ2n) is 4.97. The van der Waals surface area contributed by atoms with Gasteiger partial charge in [-0.1, -0.05) is 30.8 Å². The number of amides is 2. The average Bonchev–Trinajstić information content (AvgIpc) is 2.52. The van der Waals surface area contributed by atoms with Crippen LogP contribution in [0.4, 0.5) is 10.5 Å². The van der Waals surface area contributed by atoms with E-state index in [2.05, 4.69) is 17.2 Å². The molecule has 0 saturated heterocycles. The number of fused-ring (bicyclic) bond motifs is 1. The van der Waals surface area contributed by atoms with Gasteiger partial charge in [0.05, 0.1) is 12.2 Å². The lowest BCUT2D eigenvalue weighted by atomic mass is 10.1. The molecule has 0 saturated carbocycles. The molecule has 2 amide bonds. The summed E-state index contributed by atoms with van der Waals surface area (Å²) in [5.74, 6) is -0.338. The largest absolute Gasteiger partial charge is 0.507 e. The van der Waals surface area contributed by atoms with Gasteiger partial charge < -0.3 is 20.5 Å². The number of benzene rings is 2. The van der Waals surface area contributed by atoms with Crippen LogP contribution in [0, 0.1) is 0 Å². The van der Waals surface area contributed by atoms with E-state index in [1.807, 2.05) is 0 Å².